The molecule has 0 saturated carbocycles. The van der Waals surface area contributed by atoms with Crippen LogP contribution in [-0.2, 0) is 0 Å². The monoisotopic (exact) mass is 517 g/mol. The number of unbranched alkanes of at least 4 members (excludes halogenated alkanes) is 1. The zero-order chi connectivity index (χ0) is 26.3. The van der Waals surface area contributed by atoms with Crippen LogP contribution >= 0.6 is 7.26 Å². The summed E-state index contributed by atoms with van der Waals surface area (Å²) >= 11 is 0. The molecule has 0 aliphatic heterocycles. The second kappa shape index (κ2) is 11.9. The quantitative estimate of drug-likeness (QED) is 0.172. The van der Waals surface area contributed by atoms with Crippen LogP contribution in [0.3, 0.4) is 0 Å². The Balaban J connectivity index is 1.61. The van der Waals surface area contributed by atoms with Gasteiger partial charge in [0.25, 0.3) is 0 Å². The Labute approximate surface area is 217 Å². The maximum absolute atomic E-state index is 13.0. The molecule has 0 bridgehead atoms. The summed E-state index contributed by atoms with van der Waals surface area (Å²) in [6.45, 7) is 0. The van der Waals surface area contributed by atoms with E-state index in [9.17, 15) is 15.0 Å². The van der Waals surface area contributed by atoms with Crippen molar-refractivity contribution in [2.24, 2.45) is 0 Å². The molecule has 3 aromatic carbocycles. The molecule has 1 heterocycles. The zero-order valence-electron chi connectivity index (χ0n) is 21.1. The van der Waals surface area contributed by atoms with Crippen LogP contribution in [0, 0.1) is 0 Å². The van der Waals surface area contributed by atoms with Gasteiger partial charge in [-0.05, 0) is 0 Å². The van der Waals surface area contributed by atoms with Crippen LogP contribution in [0.2, 0.25) is 0 Å². The van der Waals surface area contributed by atoms with E-state index < -0.39 is 24.7 Å². The molecule has 4 rings (SSSR count). The Bertz CT molecular complexity index is 1230. The number of rotatable bonds is 11. The van der Waals surface area contributed by atoms with E-state index in [0.29, 0.717) is 6.42 Å². The number of aromatic hydroxyl groups is 2. The third kappa shape index (κ3) is 5.30. The van der Waals surface area contributed by atoms with Gasteiger partial charge in [0.2, 0.25) is 0 Å². The van der Waals surface area contributed by atoms with Gasteiger partial charge in [-0.1, -0.05) is 0 Å². The molecule has 1 aromatic heterocycles. The molecule has 37 heavy (non-hydrogen) atoms. The molecule has 6 nitrogen and oxygen atoms in total. The number of pyridine rings is 1. The van der Waals surface area contributed by atoms with E-state index >= 15 is 0 Å². The van der Waals surface area contributed by atoms with Gasteiger partial charge in [-0.3, -0.25) is 0 Å². The van der Waals surface area contributed by atoms with Crippen LogP contribution in [-0.4, -0.2) is 41.4 Å². The van der Waals surface area contributed by atoms with Crippen molar-refractivity contribution < 1.29 is 24.5 Å². The average Bonchev–Trinajstić information content (AvgIpc) is 2.94. The number of carbonyl (C=O) groups excluding carboxylic acids is 1. The Kier molecular flexibility index (Phi) is 8.42. The van der Waals surface area contributed by atoms with Crippen LogP contribution in [0.1, 0.15) is 29.6 Å². The molecule has 2 N–H and O–H groups in total. The van der Waals surface area contributed by atoms with Crippen molar-refractivity contribution in [1.82, 2.24) is 4.98 Å². The third-order valence-corrected chi connectivity index (χ3v) is 11.8. The van der Waals surface area contributed by atoms with E-state index in [4.69, 9.17) is 9.47 Å². The van der Waals surface area contributed by atoms with Crippen molar-refractivity contribution in [1.29, 1.82) is 0 Å². The van der Waals surface area contributed by atoms with Gasteiger partial charge in [-0.25, -0.2) is 0 Å². The number of hydrogen-bond acceptors (Lipinski definition) is 6. The molecule has 0 amide bonds. The molecule has 0 aliphatic carbocycles. The van der Waals surface area contributed by atoms with Crippen molar-refractivity contribution in [3.63, 3.8) is 0 Å². The molecule has 0 fully saturated rings. The average molecular weight is 518 g/mol. The first-order chi connectivity index (χ1) is 18.0. The zero-order valence-corrected chi connectivity index (χ0v) is 22.1. The number of benzene rings is 3. The fourth-order valence-corrected chi connectivity index (χ4v) is 9.94. The van der Waals surface area contributed by atoms with E-state index in [0.717, 1.165) is 12.6 Å². The van der Waals surface area contributed by atoms with Gasteiger partial charge < -0.3 is 0 Å². The SMILES string of the molecule is COc1nc(O)c(C(=O)CCCC[PH](c2ccccc2)(c2ccccc2)c2ccccc2)c(O)c1OC. The molecule has 0 unspecified atom stereocenters. The number of carbonyl (C=O) groups is 1. The van der Waals surface area contributed by atoms with Crippen LogP contribution in [0.15, 0.2) is 91.0 Å². The molecule has 0 spiro atoms. The van der Waals surface area contributed by atoms with Gasteiger partial charge in [0, 0.05) is 0 Å². The van der Waals surface area contributed by atoms with Crippen molar-refractivity contribution >= 4 is 29.0 Å². The molecule has 0 aliphatic rings. The van der Waals surface area contributed by atoms with Crippen molar-refractivity contribution in [2.45, 2.75) is 19.3 Å². The first-order valence-electron chi connectivity index (χ1n) is 12.3. The second-order valence-corrected chi connectivity index (χ2v) is 12.9. The number of ether oxygens (including phenoxy) is 2. The number of Topliss-reactive ketones (excluding diaryl/α,β-unsaturated/α-hetero) is 1. The molecule has 4 aromatic rings. The summed E-state index contributed by atoms with van der Waals surface area (Å²) in [7, 11) is 0.297. The van der Waals surface area contributed by atoms with E-state index in [1.165, 1.54) is 30.1 Å². The van der Waals surface area contributed by atoms with E-state index in [1.807, 2.05) is 18.2 Å². The van der Waals surface area contributed by atoms with Gasteiger partial charge in [-0.15, -0.1) is 0 Å². The van der Waals surface area contributed by atoms with Crippen LogP contribution in [0.25, 0.3) is 0 Å². The van der Waals surface area contributed by atoms with Gasteiger partial charge in [0.15, 0.2) is 0 Å². The molecule has 192 valence electrons. The molecular weight excluding hydrogens is 485 g/mol. The van der Waals surface area contributed by atoms with Crippen LogP contribution in [0.4, 0.5) is 0 Å². The minimum atomic E-state index is -2.38. The van der Waals surface area contributed by atoms with Crippen LogP contribution < -0.4 is 25.4 Å². The van der Waals surface area contributed by atoms with Crippen LogP contribution in [0.5, 0.6) is 23.3 Å². The summed E-state index contributed by atoms with van der Waals surface area (Å²) in [5, 5.41) is 24.8. The first-order valence-corrected chi connectivity index (χ1v) is 14.5. The fraction of sp³-hybridized carbons (Fsp3) is 0.200. The number of hydrogen-bond donors (Lipinski definition) is 2. The second-order valence-electron chi connectivity index (χ2n) is 8.84. The minimum absolute atomic E-state index is 0.0766. The standard InChI is InChI=1S/C30H32NO5P/c1-35-28-27(33)26(29(34)31-30(28)36-2)25(32)20-12-13-21-37(22-14-6-3-7-15-22,23-16-8-4-9-17-23)24-18-10-5-11-19-24/h3-11,14-19,37H,12-13,20-21H2,1-2H3,(H2,31,33,34). The fourth-order valence-electron chi connectivity index (χ4n) is 5.00. The number of aromatic nitrogens is 1. The normalized spacial score (nSPS) is 11.6. The summed E-state index contributed by atoms with van der Waals surface area (Å²) in [4.78, 5) is 16.9. The predicted octanol–water partition coefficient (Wildman–Crippen LogP) is 4.59. The summed E-state index contributed by atoms with van der Waals surface area (Å²) in [6, 6.07) is 31.9. The molecular formula is C30H32NO5P. The summed E-state index contributed by atoms with van der Waals surface area (Å²) in [6.07, 6.45) is 2.44. The summed E-state index contributed by atoms with van der Waals surface area (Å²) in [5.74, 6) is -1.58. The van der Waals surface area contributed by atoms with Gasteiger partial charge in [-0.2, -0.15) is 0 Å². The van der Waals surface area contributed by atoms with E-state index in [1.54, 1.807) is 0 Å². The maximum atomic E-state index is 13.0. The van der Waals surface area contributed by atoms with Gasteiger partial charge in [0.05, 0.1) is 0 Å². The number of methoxy groups -OCH3 is 2. The van der Waals surface area contributed by atoms with Crippen molar-refractivity contribution in [3.05, 3.63) is 96.6 Å². The van der Waals surface area contributed by atoms with Gasteiger partial charge >= 0.3 is 218 Å². The topological polar surface area (TPSA) is 88.9 Å². The van der Waals surface area contributed by atoms with E-state index in [-0.39, 0.29) is 23.6 Å². The van der Waals surface area contributed by atoms with Crippen molar-refractivity contribution in [3.8, 4) is 23.3 Å². The Morgan fingerprint density at radius 1 is 0.757 bits per heavy atom. The summed E-state index contributed by atoms with van der Waals surface area (Å²) in [5.41, 5.74) is -0.240. The molecule has 7 heteroatoms. The van der Waals surface area contributed by atoms with Gasteiger partial charge in [0.1, 0.15) is 0 Å². The molecule has 0 radical (unpaired) electrons. The van der Waals surface area contributed by atoms with E-state index in [2.05, 4.69) is 77.8 Å². The molecule has 0 saturated heterocycles. The molecule has 0 atom stereocenters. The predicted molar refractivity (Wildman–Crippen MR) is 150 cm³/mol. The first kappa shape index (κ1) is 26.2. The number of nitrogens with zero attached hydrogens (tertiary/aromatic N) is 1. The third-order valence-electron chi connectivity index (χ3n) is 6.76. The Morgan fingerprint density at radius 2 is 1.24 bits per heavy atom. The number of ketones is 1. The summed E-state index contributed by atoms with van der Waals surface area (Å²) < 4.78 is 10.2. The Morgan fingerprint density at radius 3 is 1.68 bits per heavy atom. The Hall–Kier alpha value is -3.89. The van der Waals surface area contributed by atoms with Crippen molar-refractivity contribution in [2.75, 3.05) is 20.4 Å².